The van der Waals surface area contributed by atoms with Crippen LogP contribution in [0.2, 0.25) is 5.02 Å². The predicted octanol–water partition coefficient (Wildman–Crippen LogP) is 11.3. The quantitative estimate of drug-likeness (QED) is 0.175. The minimum Gasteiger partial charge on any atom is -0.490 e. The van der Waals surface area contributed by atoms with Crippen molar-refractivity contribution in [3.8, 4) is 11.8 Å². The molecule has 5 aliphatic heterocycles. The molecule has 1 spiro atoms. The summed E-state index contributed by atoms with van der Waals surface area (Å²) in [7, 11) is 0. The molecule has 2 aromatic carbocycles. The fraction of sp³-hybridized carbons (Fsp3) is 0.727. The Morgan fingerprint density at radius 1 is 0.971 bits per heavy atom. The number of nitrogens with zero attached hydrogens (tertiary/aromatic N) is 4. The highest BCUT2D eigenvalue weighted by Gasteiger charge is 2.58. The van der Waals surface area contributed by atoms with E-state index in [1.54, 1.807) is 23.9 Å². The number of alkyl halides is 3. The molecule has 11 atom stereocenters. The van der Waals surface area contributed by atoms with E-state index in [2.05, 4.69) is 89.4 Å². The Labute approximate surface area is 424 Å². The maximum absolute atomic E-state index is 14.8. The SMILES string of the molecule is CCCCC1(CC)CCC(C(=O)NC2CCC(Oc3ccc(C#N)c(Cl)c3)CC2)CCC(N2CCC3(CCC(c4ccc(C5=NC(C(F)(F)F)C6NNC(C)N6C6SC(C)C(C)C56)cc4)C3)CC2)NC1. The number of unbranched alkanes of at least 4 members (excludes halogenated alkanes) is 1. The molecular weight excluding hydrogens is 929 g/mol. The number of thioether (sulfide) groups is 1. The van der Waals surface area contributed by atoms with Gasteiger partial charge in [0.1, 0.15) is 18.0 Å². The summed E-state index contributed by atoms with van der Waals surface area (Å²) in [5.74, 6) is 1.39. The van der Waals surface area contributed by atoms with Crippen LogP contribution in [0.3, 0.4) is 0 Å². The van der Waals surface area contributed by atoms with Crippen LogP contribution in [0.15, 0.2) is 47.5 Å². The van der Waals surface area contributed by atoms with Crippen LogP contribution in [0.1, 0.15) is 166 Å². The van der Waals surface area contributed by atoms with Gasteiger partial charge in [-0.15, -0.1) is 11.8 Å². The number of fused-ring (bicyclic) bond motifs is 3. The van der Waals surface area contributed by atoms with Crippen molar-refractivity contribution in [3.05, 3.63) is 64.2 Å². The first-order valence-corrected chi connectivity index (χ1v) is 28.3. The number of aliphatic imine (C=N–C) groups is 1. The minimum absolute atomic E-state index is 0.00980. The number of piperidine rings is 1. The molecule has 0 aromatic heterocycles. The smallest absolute Gasteiger partial charge is 0.413 e. The molecule has 4 N–H and O–H groups in total. The van der Waals surface area contributed by atoms with Gasteiger partial charge in [-0.2, -0.15) is 18.4 Å². The van der Waals surface area contributed by atoms with Gasteiger partial charge in [-0.05, 0) is 149 Å². The molecule has 10 nitrogen and oxygen atoms in total. The maximum Gasteiger partial charge on any atom is 0.413 e. The van der Waals surface area contributed by atoms with E-state index >= 15 is 0 Å². The van der Waals surface area contributed by atoms with Gasteiger partial charge in [0.15, 0.2) is 6.04 Å². The maximum atomic E-state index is 14.8. The van der Waals surface area contributed by atoms with Gasteiger partial charge in [-0.1, -0.05) is 76.4 Å². The summed E-state index contributed by atoms with van der Waals surface area (Å²) in [5.41, 5.74) is 9.67. The number of hydrogen-bond donors (Lipinski definition) is 4. The van der Waals surface area contributed by atoms with Gasteiger partial charge in [0.25, 0.3) is 0 Å². The van der Waals surface area contributed by atoms with Crippen molar-refractivity contribution in [1.29, 1.82) is 5.26 Å². The molecule has 11 unspecified atom stereocenters. The Morgan fingerprint density at radius 2 is 1.73 bits per heavy atom. The van der Waals surface area contributed by atoms with E-state index in [1.807, 2.05) is 17.9 Å². The van der Waals surface area contributed by atoms with Crippen LogP contribution in [0.4, 0.5) is 13.2 Å². The lowest BCUT2D eigenvalue weighted by Crippen LogP contribution is -2.54. The number of nitrogens with one attached hydrogen (secondary N) is 4. The summed E-state index contributed by atoms with van der Waals surface area (Å²) < 4.78 is 50.6. The lowest BCUT2D eigenvalue weighted by molar-refractivity contribution is -0.161. The topological polar surface area (TPSA) is 117 Å². The Hall–Kier alpha value is -2.90. The van der Waals surface area contributed by atoms with Crippen LogP contribution in [0.25, 0.3) is 0 Å². The largest absolute Gasteiger partial charge is 0.490 e. The van der Waals surface area contributed by atoms with E-state index in [9.17, 15) is 23.2 Å². The number of ether oxygens (including phenoxy) is 1. The predicted molar refractivity (Wildman–Crippen MR) is 274 cm³/mol. The molecule has 2 aliphatic carbocycles. The number of rotatable bonds is 11. The summed E-state index contributed by atoms with van der Waals surface area (Å²) >= 11 is 8.05. The highest BCUT2D eigenvalue weighted by molar-refractivity contribution is 8.00. The van der Waals surface area contributed by atoms with E-state index in [0.29, 0.717) is 38.6 Å². The zero-order chi connectivity index (χ0) is 49.4. The van der Waals surface area contributed by atoms with Gasteiger partial charge in [0.05, 0.1) is 34.4 Å². The Balaban J connectivity index is 0.821. The molecule has 15 heteroatoms. The molecule has 5 heterocycles. The lowest BCUT2D eigenvalue weighted by Gasteiger charge is -2.44. The van der Waals surface area contributed by atoms with Crippen LogP contribution in [0.5, 0.6) is 5.75 Å². The third-order valence-corrected chi connectivity index (χ3v) is 20.5. The summed E-state index contributed by atoms with van der Waals surface area (Å²) in [6.07, 6.45) is 12.4. The molecule has 2 saturated carbocycles. The molecule has 0 bridgehead atoms. The number of benzene rings is 2. The second-order valence-corrected chi connectivity index (χ2v) is 24.5. The molecule has 70 heavy (non-hydrogen) atoms. The Morgan fingerprint density at radius 3 is 2.41 bits per heavy atom. The Kier molecular flexibility index (Phi) is 16.3. The molecule has 9 rings (SSSR count). The van der Waals surface area contributed by atoms with Crippen LogP contribution >= 0.6 is 23.4 Å². The summed E-state index contributed by atoms with van der Waals surface area (Å²) in [4.78, 5) is 23.6. The van der Waals surface area contributed by atoms with Crippen molar-refractivity contribution in [1.82, 2.24) is 31.3 Å². The number of carbonyl (C=O) groups excluding carboxylic acids is 1. The van der Waals surface area contributed by atoms with Crippen molar-refractivity contribution >= 4 is 35.0 Å². The molecular formula is C55H78ClF3N8O2S. The van der Waals surface area contributed by atoms with E-state index < -0.39 is 18.4 Å². The molecule has 7 aliphatic rings. The van der Waals surface area contributed by atoms with E-state index in [-0.39, 0.29) is 58.9 Å². The van der Waals surface area contributed by atoms with Crippen LogP contribution in [0, 0.1) is 39.9 Å². The standard InChI is InChI=1S/C55H78ClF3N8O2S/c1-6-8-23-53(7-2)24-21-39(51(68)62-42-15-18-43(19-16-42)69-44-17-13-41(32-60)45(56)30-44)14-20-46(61-33-53)66-28-26-54(27-29-66)25-22-40(31-54)37-9-11-38(12-10-37)48-47-34(3)35(4)70-52(47)67-36(5)64-65-50(67)49(63-48)55(57,58)59/h9-13,17,30,34-36,39-40,42-43,46-47,49-50,52,61,64-65H,6-8,14-16,18-29,31,33H2,1-5H3,(H,62,68). The zero-order valence-corrected chi connectivity index (χ0v) is 43.7. The highest BCUT2D eigenvalue weighted by Crippen LogP contribution is 2.54. The number of halogens is 4. The van der Waals surface area contributed by atoms with E-state index in [0.717, 1.165) is 109 Å². The third-order valence-electron chi connectivity index (χ3n) is 18.5. The first kappa shape index (κ1) is 52.0. The van der Waals surface area contributed by atoms with Gasteiger partial charge in [0, 0.05) is 54.5 Å². The summed E-state index contributed by atoms with van der Waals surface area (Å²) in [6, 6.07) is 14.2. The average Bonchev–Trinajstić information content (AvgIpc) is 4.01. The number of hydrogen-bond acceptors (Lipinski definition) is 10. The number of likely N-dealkylation sites (tertiary alicyclic amines) is 1. The number of amides is 1. The molecule has 2 aromatic rings. The van der Waals surface area contributed by atoms with Gasteiger partial charge in [-0.3, -0.25) is 19.6 Å². The number of carbonyl (C=O) groups is 1. The van der Waals surface area contributed by atoms with E-state index in [1.165, 1.54) is 31.2 Å². The normalized spacial score (nSPS) is 36.2. The van der Waals surface area contributed by atoms with Crippen molar-refractivity contribution in [2.75, 3.05) is 19.6 Å². The molecule has 1 amide bonds. The van der Waals surface area contributed by atoms with Gasteiger partial charge >= 0.3 is 6.18 Å². The molecule has 6 fully saturated rings. The number of hydrazine groups is 1. The molecule has 0 radical (unpaired) electrons. The van der Waals surface area contributed by atoms with Crippen molar-refractivity contribution in [2.45, 2.75) is 203 Å². The lowest BCUT2D eigenvalue weighted by atomic mass is 9.74. The van der Waals surface area contributed by atoms with Gasteiger partial charge in [0.2, 0.25) is 5.91 Å². The van der Waals surface area contributed by atoms with E-state index in [4.69, 9.17) is 16.3 Å². The highest BCUT2D eigenvalue weighted by atomic mass is 35.5. The second-order valence-electron chi connectivity index (χ2n) is 22.6. The van der Waals surface area contributed by atoms with Crippen LogP contribution < -0.4 is 26.2 Å². The monoisotopic (exact) mass is 1010 g/mol. The molecule has 384 valence electrons. The third kappa shape index (κ3) is 11.1. The number of nitriles is 1. The minimum atomic E-state index is -4.48. The Bertz CT molecular complexity index is 2190. The average molecular weight is 1010 g/mol. The summed E-state index contributed by atoms with van der Waals surface area (Å²) in [6.45, 7) is 14.0. The first-order chi connectivity index (χ1) is 33.6. The van der Waals surface area contributed by atoms with Crippen LogP contribution in [-0.2, 0) is 4.79 Å². The van der Waals surface area contributed by atoms with Crippen LogP contribution in [-0.4, -0.2) is 94.5 Å². The fourth-order valence-corrected chi connectivity index (χ4v) is 15.7. The fourth-order valence-electron chi connectivity index (χ4n) is 13.7. The van der Waals surface area contributed by atoms with Crippen molar-refractivity contribution in [2.24, 2.45) is 33.6 Å². The first-order valence-electron chi connectivity index (χ1n) is 26.9. The zero-order valence-electron chi connectivity index (χ0n) is 42.1. The molecule has 4 saturated heterocycles. The second kappa shape index (κ2) is 21.9. The summed E-state index contributed by atoms with van der Waals surface area (Å²) in [5, 5.41) is 17.5. The van der Waals surface area contributed by atoms with Crippen molar-refractivity contribution in [3.63, 3.8) is 0 Å². The van der Waals surface area contributed by atoms with Crippen molar-refractivity contribution < 1.29 is 22.7 Å². The van der Waals surface area contributed by atoms with Gasteiger partial charge < -0.3 is 15.4 Å². The van der Waals surface area contributed by atoms with Gasteiger partial charge in [-0.25, -0.2) is 10.9 Å².